The van der Waals surface area contributed by atoms with E-state index < -0.39 is 23.9 Å². The molecule has 4 N–H and O–H groups in total. The third-order valence-electron chi connectivity index (χ3n) is 4.57. The van der Waals surface area contributed by atoms with Gasteiger partial charge in [0.2, 0.25) is 5.91 Å². The number of anilines is 3. The minimum absolute atomic E-state index is 0.133. The third kappa shape index (κ3) is 7.10. The van der Waals surface area contributed by atoms with Crippen molar-refractivity contribution in [2.45, 2.75) is 19.1 Å². The molecule has 2 amide bonds. The summed E-state index contributed by atoms with van der Waals surface area (Å²) in [5, 5.41) is 17.1. The van der Waals surface area contributed by atoms with Crippen molar-refractivity contribution in [1.29, 1.82) is 0 Å². The third-order valence-corrected chi connectivity index (χ3v) is 4.57. The number of rotatable bonds is 10. The molecule has 0 heterocycles. The fourth-order valence-electron chi connectivity index (χ4n) is 3.01. The molecular weight excluding hydrogens is 413 g/mol. The van der Waals surface area contributed by atoms with Crippen molar-refractivity contribution >= 4 is 29.1 Å². The Labute approximate surface area is 185 Å². The van der Waals surface area contributed by atoms with Gasteiger partial charge in [0, 0.05) is 18.7 Å². The number of carbonyl (C=O) groups excluding carboxylic acids is 1. The minimum atomic E-state index is -1.32. The van der Waals surface area contributed by atoms with Crippen LogP contribution >= 0.6 is 0 Å². The SMILES string of the molecule is O=C(O)N[C@@H](CCOCc1ccccc1)C(=O)Nc1ccc(F)cc1Nc1ccccc1. The second-order valence-corrected chi connectivity index (χ2v) is 7.00. The number of benzene rings is 3. The summed E-state index contributed by atoms with van der Waals surface area (Å²) in [5.74, 6) is -1.05. The maximum absolute atomic E-state index is 13.8. The average Bonchev–Trinajstić information content (AvgIpc) is 2.79. The molecule has 3 aromatic rings. The summed E-state index contributed by atoms with van der Waals surface area (Å²) in [7, 11) is 0. The molecule has 0 fully saturated rings. The number of halogens is 1. The quantitative estimate of drug-likeness (QED) is 0.343. The van der Waals surface area contributed by atoms with E-state index in [0.717, 1.165) is 5.56 Å². The van der Waals surface area contributed by atoms with Gasteiger partial charge in [0.05, 0.1) is 18.0 Å². The zero-order valence-electron chi connectivity index (χ0n) is 17.3. The van der Waals surface area contributed by atoms with E-state index in [1.165, 1.54) is 18.2 Å². The van der Waals surface area contributed by atoms with Crippen LogP contribution in [0.15, 0.2) is 78.9 Å². The number of para-hydroxylation sites is 1. The summed E-state index contributed by atoms with van der Waals surface area (Å²) in [5.41, 5.74) is 2.35. The Hall–Kier alpha value is -3.91. The average molecular weight is 437 g/mol. The molecule has 0 bridgehead atoms. The molecule has 3 rings (SSSR count). The molecule has 0 saturated carbocycles. The molecule has 0 aromatic heterocycles. The molecule has 166 valence electrons. The van der Waals surface area contributed by atoms with Crippen molar-refractivity contribution in [1.82, 2.24) is 5.32 Å². The zero-order chi connectivity index (χ0) is 22.8. The van der Waals surface area contributed by atoms with Crippen LogP contribution in [0.4, 0.5) is 26.2 Å². The van der Waals surface area contributed by atoms with E-state index in [4.69, 9.17) is 9.84 Å². The van der Waals surface area contributed by atoms with Crippen LogP contribution in [0.3, 0.4) is 0 Å². The number of nitrogens with one attached hydrogen (secondary N) is 3. The molecule has 0 aliphatic rings. The minimum Gasteiger partial charge on any atom is -0.465 e. The van der Waals surface area contributed by atoms with Crippen molar-refractivity contribution in [2.75, 3.05) is 17.2 Å². The summed E-state index contributed by atoms with van der Waals surface area (Å²) >= 11 is 0. The Morgan fingerprint density at radius 2 is 1.62 bits per heavy atom. The first-order chi connectivity index (χ1) is 15.5. The Morgan fingerprint density at radius 1 is 0.938 bits per heavy atom. The topological polar surface area (TPSA) is 99.7 Å². The van der Waals surface area contributed by atoms with E-state index in [1.54, 1.807) is 12.1 Å². The molecule has 0 unspecified atom stereocenters. The van der Waals surface area contributed by atoms with Crippen molar-refractivity contribution in [2.24, 2.45) is 0 Å². The van der Waals surface area contributed by atoms with Crippen LogP contribution in [0.1, 0.15) is 12.0 Å². The van der Waals surface area contributed by atoms with Gasteiger partial charge in [0.1, 0.15) is 11.9 Å². The van der Waals surface area contributed by atoms with Gasteiger partial charge in [-0.05, 0) is 35.9 Å². The predicted octanol–water partition coefficient (Wildman–Crippen LogP) is 4.75. The number of ether oxygens (including phenoxy) is 1. The predicted molar refractivity (Wildman–Crippen MR) is 120 cm³/mol. The van der Waals surface area contributed by atoms with Gasteiger partial charge in [0.15, 0.2) is 0 Å². The molecule has 0 aliphatic carbocycles. The lowest BCUT2D eigenvalue weighted by Gasteiger charge is -2.19. The lowest BCUT2D eigenvalue weighted by molar-refractivity contribution is -0.118. The highest BCUT2D eigenvalue weighted by Gasteiger charge is 2.21. The highest BCUT2D eigenvalue weighted by atomic mass is 19.1. The van der Waals surface area contributed by atoms with Gasteiger partial charge >= 0.3 is 6.09 Å². The molecule has 3 aromatic carbocycles. The standard InChI is InChI=1S/C24H24FN3O4/c25-18-11-12-20(22(15-18)26-19-9-5-2-6-10-19)27-23(29)21(28-24(30)31)13-14-32-16-17-7-3-1-4-8-17/h1-12,15,21,26,28H,13-14,16H2,(H,27,29)(H,30,31)/t21-/m0/s1. The van der Waals surface area contributed by atoms with E-state index >= 15 is 0 Å². The van der Waals surface area contributed by atoms with Crippen molar-refractivity contribution in [3.05, 3.63) is 90.2 Å². The van der Waals surface area contributed by atoms with E-state index in [0.29, 0.717) is 23.7 Å². The number of carboxylic acid groups (broad SMARTS) is 1. The van der Waals surface area contributed by atoms with Crippen molar-refractivity contribution in [3.63, 3.8) is 0 Å². The first-order valence-electron chi connectivity index (χ1n) is 10.0. The fraction of sp³-hybridized carbons (Fsp3) is 0.167. The van der Waals surface area contributed by atoms with Crippen LogP contribution < -0.4 is 16.0 Å². The molecule has 0 aliphatic heterocycles. The van der Waals surface area contributed by atoms with Gasteiger partial charge in [0.25, 0.3) is 0 Å². The molecule has 0 radical (unpaired) electrons. The van der Waals surface area contributed by atoms with Gasteiger partial charge in [-0.2, -0.15) is 0 Å². The van der Waals surface area contributed by atoms with E-state index in [2.05, 4.69) is 16.0 Å². The second kappa shape index (κ2) is 11.5. The summed E-state index contributed by atoms with van der Waals surface area (Å²) < 4.78 is 19.4. The highest BCUT2D eigenvalue weighted by Crippen LogP contribution is 2.26. The Morgan fingerprint density at radius 3 is 2.31 bits per heavy atom. The van der Waals surface area contributed by atoms with Gasteiger partial charge in [-0.15, -0.1) is 0 Å². The largest absolute Gasteiger partial charge is 0.465 e. The molecule has 0 saturated heterocycles. The number of carbonyl (C=O) groups is 2. The molecule has 7 nitrogen and oxygen atoms in total. The van der Waals surface area contributed by atoms with Gasteiger partial charge in [-0.1, -0.05) is 48.5 Å². The fourth-order valence-corrected chi connectivity index (χ4v) is 3.01. The van der Waals surface area contributed by atoms with E-state index in [-0.39, 0.29) is 13.0 Å². The lowest BCUT2D eigenvalue weighted by atomic mass is 10.1. The monoisotopic (exact) mass is 437 g/mol. The Balaban J connectivity index is 1.64. The van der Waals surface area contributed by atoms with Crippen molar-refractivity contribution in [3.8, 4) is 0 Å². The van der Waals surface area contributed by atoms with Crippen LogP contribution in [-0.2, 0) is 16.1 Å². The number of amides is 2. The second-order valence-electron chi connectivity index (χ2n) is 7.00. The molecule has 32 heavy (non-hydrogen) atoms. The van der Waals surface area contributed by atoms with Crippen LogP contribution in [0.2, 0.25) is 0 Å². The number of hydrogen-bond donors (Lipinski definition) is 4. The van der Waals surface area contributed by atoms with Crippen LogP contribution in [0.5, 0.6) is 0 Å². The molecule has 0 spiro atoms. The van der Waals surface area contributed by atoms with Gasteiger partial charge < -0.3 is 25.8 Å². The zero-order valence-corrected chi connectivity index (χ0v) is 17.3. The molecular formula is C24H24FN3O4. The van der Waals surface area contributed by atoms with Gasteiger partial charge in [-0.3, -0.25) is 4.79 Å². The van der Waals surface area contributed by atoms with E-state index in [9.17, 15) is 14.0 Å². The highest BCUT2D eigenvalue weighted by molar-refractivity contribution is 5.99. The first-order valence-corrected chi connectivity index (χ1v) is 10.0. The van der Waals surface area contributed by atoms with E-state index in [1.807, 2.05) is 48.5 Å². The molecule has 1 atom stereocenters. The normalized spacial score (nSPS) is 11.4. The Kier molecular flexibility index (Phi) is 8.16. The maximum Gasteiger partial charge on any atom is 0.405 e. The number of hydrogen-bond acceptors (Lipinski definition) is 4. The summed E-state index contributed by atoms with van der Waals surface area (Å²) in [6.07, 6.45) is -1.19. The molecule has 8 heteroatoms. The maximum atomic E-state index is 13.8. The first kappa shape index (κ1) is 22.8. The van der Waals surface area contributed by atoms with Crippen LogP contribution in [0.25, 0.3) is 0 Å². The van der Waals surface area contributed by atoms with Crippen LogP contribution in [-0.4, -0.2) is 29.8 Å². The van der Waals surface area contributed by atoms with Crippen molar-refractivity contribution < 1.29 is 23.8 Å². The summed E-state index contributed by atoms with van der Waals surface area (Å²) in [6, 6.07) is 21.5. The van der Waals surface area contributed by atoms with Gasteiger partial charge in [-0.25, -0.2) is 9.18 Å². The Bertz CT molecular complexity index is 1030. The summed E-state index contributed by atoms with van der Waals surface area (Å²) in [6.45, 7) is 0.525. The summed E-state index contributed by atoms with van der Waals surface area (Å²) in [4.78, 5) is 24.0. The smallest absolute Gasteiger partial charge is 0.405 e. The lowest BCUT2D eigenvalue weighted by Crippen LogP contribution is -2.44. The van der Waals surface area contributed by atoms with Crippen LogP contribution in [0, 0.1) is 5.82 Å².